The van der Waals surface area contributed by atoms with E-state index in [4.69, 9.17) is 5.73 Å². The lowest BCUT2D eigenvalue weighted by molar-refractivity contribution is 0.0922. The normalized spacial score (nSPS) is 45.9. The van der Waals surface area contributed by atoms with Crippen molar-refractivity contribution in [2.24, 2.45) is 52.1 Å². The zero-order valence-corrected chi connectivity index (χ0v) is 16.7. The second kappa shape index (κ2) is 6.00. The van der Waals surface area contributed by atoms with Crippen LogP contribution in [0.5, 0.6) is 0 Å². The van der Waals surface area contributed by atoms with Crippen molar-refractivity contribution in [1.29, 1.82) is 0 Å². The van der Waals surface area contributed by atoms with Gasteiger partial charge in [0.25, 0.3) is 0 Å². The summed E-state index contributed by atoms with van der Waals surface area (Å²) < 4.78 is 0. The number of hydrogen-bond acceptors (Lipinski definition) is 1. The van der Waals surface area contributed by atoms with Crippen molar-refractivity contribution in [3.63, 3.8) is 0 Å². The van der Waals surface area contributed by atoms with E-state index in [-0.39, 0.29) is 0 Å². The molecule has 2 N–H and O–H groups in total. The highest BCUT2D eigenvalue weighted by Gasteiger charge is 2.54. The Balaban J connectivity index is 1.25. The zero-order valence-electron chi connectivity index (χ0n) is 16.7. The highest BCUT2D eigenvalue weighted by atomic mass is 14.7. The Labute approximate surface area is 150 Å². The molecule has 24 heavy (non-hydrogen) atoms. The summed E-state index contributed by atoms with van der Waals surface area (Å²) >= 11 is 0. The molecule has 4 saturated carbocycles. The van der Waals surface area contributed by atoms with Gasteiger partial charge in [-0.15, -0.1) is 0 Å². The molecule has 0 radical (unpaired) electrons. The third kappa shape index (κ3) is 2.60. The number of fused-ring (bicyclic) bond motifs is 4. The fraction of sp³-hybridized carbons (Fsp3) is 1.00. The van der Waals surface area contributed by atoms with Crippen LogP contribution in [0.25, 0.3) is 0 Å². The summed E-state index contributed by atoms with van der Waals surface area (Å²) in [5.41, 5.74) is 7.88. The molecule has 138 valence electrons. The Morgan fingerprint density at radius 2 is 1.46 bits per heavy atom. The Bertz CT molecular complexity index is 465. The number of nitrogens with two attached hydrogens (primary N) is 1. The topological polar surface area (TPSA) is 26.0 Å². The van der Waals surface area contributed by atoms with Gasteiger partial charge in [-0.3, -0.25) is 0 Å². The average molecular weight is 332 g/mol. The molecule has 7 unspecified atom stereocenters. The Hall–Kier alpha value is -0.0400. The molecule has 0 aliphatic heterocycles. The van der Waals surface area contributed by atoms with Crippen molar-refractivity contribution in [2.75, 3.05) is 0 Å². The lowest BCUT2D eigenvalue weighted by Gasteiger charge is -2.42. The SMILES string of the molecule is CC1(C)C2CCC(C2)C1CCCCC(N)C1C2CCC(C2)C1(C)C. The third-order valence-electron chi connectivity index (χ3n) is 9.71. The summed E-state index contributed by atoms with van der Waals surface area (Å²) in [6.07, 6.45) is 14.5. The molecule has 0 amide bonds. The fourth-order valence-corrected chi connectivity index (χ4v) is 8.30. The maximum absolute atomic E-state index is 6.75. The lowest BCUT2D eigenvalue weighted by Crippen LogP contribution is -2.43. The molecular weight excluding hydrogens is 290 g/mol. The largest absolute Gasteiger partial charge is 0.327 e. The smallest absolute Gasteiger partial charge is 0.00750 e. The van der Waals surface area contributed by atoms with Gasteiger partial charge in [0.15, 0.2) is 0 Å². The van der Waals surface area contributed by atoms with Crippen molar-refractivity contribution in [3.8, 4) is 0 Å². The van der Waals surface area contributed by atoms with Crippen LogP contribution < -0.4 is 5.73 Å². The molecule has 0 aromatic carbocycles. The van der Waals surface area contributed by atoms with E-state index in [1.807, 2.05) is 0 Å². The van der Waals surface area contributed by atoms with Gasteiger partial charge in [-0.25, -0.2) is 0 Å². The minimum atomic E-state index is 0.461. The molecule has 4 fully saturated rings. The summed E-state index contributed by atoms with van der Waals surface area (Å²) in [5, 5.41) is 0. The second-order valence-electron chi connectivity index (χ2n) is 11.3. The number of rotatable bonds is 6. The van der Waals surface area contributed by atoms with Gasteiger partial charge in [0.05, 0.1) is 0 Å². The molecule has 0 spiro atoms. The quantitative estimate of drug-likeness (QED) is 0.592. The first-order chi connectivity index (χ1) is 11.3. The average Bonchev–Trinajstić information content (AvgIpc) is 3.22. The van der Waals surface area contributed by atoms with Gasteiger partial charge >= 0.3 is 0 Å². The van der Waals surface area contributed by atoms with Crippen LogP contribution in [0, 0.1) is 46.3 Å². The van der Waals surface area contributed by atoms with Crippen molar-refractivity contribution < 1.29 is 0 Å². The van der Waals surface area contributed by atoms with E-state index < -0.39 is 0 Å². The standard InChI is InChI=1S/C23H41N/c1-22(2)17-11-9-15(13-17)19(22)7-5-6-8-20(24)21-16-10-12-18(14-16)23(21,3)4/h15-21H,5-14,24H2,1-4H3. The van der Waals surface area contributed by atoms with E-state index in [0.717, 1.165) is 35.5 Å². The highest BCUT2D eigenvalue weighted by Crippen LogP contribution is 2.61. The Kier molecular flexibility index (Phi) is 4.34. The molecule has 0 aromatic heterocycles. The molecule has 0 heterocycles. The summed E-state index contributed by atoms with van der Waals surface area (Å²) in [6.45, 7) is 10.1. The van der Waals surface area contributed by atoms with Crippen LogP contribution in [0.15, 0.2) is 0 Å². The molecular formula is C23H41N. The van der Waals surface area contributed by atoms with Crippen LogP contribution in [0.2, 0.25) is 0 Å². The van der Waals surface area contributed by atoms with Gasteiger partial charge in [0.1, 0.15) is 0 Å². The van der Waals surface area contributed by atoms with Crippen molar-refractivity contribution >= 4 is 0 Å². The molecule has 7 atom stereocenters. The van der Waals surface area contributed by atoms with Gasteiger partial charge in [-0.1, -0.05) is 40.5 Å². The molecule has 1 nitrogen and oxygen atoms in total. The Morgan fingerprint density at radius 3 is 2.04 bits per heavy atom. The van der Waals surface area contributed by atoms with Gasteiger partial charge in [0.2, 0.25) is 0 Å². The monoisotopic (exact) mass is 331 g/mol. The molecule has 4 bridgehead atoms. The van der Waals surface area contributed by atoms with Crippen LogP contribution in [0.3, 0.4) is 0 Å². The second-order valence-corrected chi connectivity index (χ2v) is 11.3. The van der Waals surface area contributed by atoms with Gasteiger partial charge in [-0.2, -0.15) is 0 Å². The summed E-state index contributed by atoms with van der Waals surface area (Å²) in [6, 6.07) is 0.461. The first-order valence-electron chi connectivity index (χ1n) is 11.1. The van der Waals surface area contributed by atoms with Crippen LogP contribution in [0.4, 0.5) is 0 Å². The van der Waals surface area contributed by atoms with Crippen molar-refractivity contribution in [2.45, 2.75) is 97.9 Å². The van der Waals surface area contributed by atoms with E-state index >= 15 is 0 Å². The minimum Gasteiger partial charge on any atom is -0.327 e. The maximum Gasteiger partial charge on any atom is 0.00750 e. The fourth-order valence-electron chi connectivity index (χ4n) is 8.30. The van der Waals surface area contributed by atoms with Gasteiger partial charge in [-0.05, 0) is 97.7 Å². The van der Waals surface area contributed by atoms with E-state index in [2.05, 4.69) is 27.7 Å². The molecule has 0 saturated heterocycles. The third-order valence-corrected chi connectivity index (χ3v) is 9.71. The van der Waals surface area contributed by atoms with E-state index in [1.54, 1.807) is 0 Å². The van der Waals surface area contributed by atoms with Crippen LogP contribution >= 0.6 is 0 Å². The predicted octanol–water partition coefficient (Wildman–Crippen LogP) is 6.02. The van der Waals surface area contributed by atoms with E-state index in [0.29, 0.717) is 16.9 Å². The summed E-state index contributed by atoms with van der Waals surface area (Å²) in [7, 11) is 0. The molecule has 4 rings (SSSR count). The maximum atomic E-state index is 6.75. The number of hydrogen-bond donors (Lipinski definition) is 1. The first kappa shape index (κ1) is 17.4. The van der Waals surface area contributed by atoms with E-state index in [9.17, 15) is 0 Å². The molecule has 1 heteroatoms. The zero-order chi connectivity index (χ0) is 17.1. The summed E-state index contributed by atoms with van der Waals surface area (Å²) in [4.78, 5) is 0. The Morgan fingerprint density at radius 1 is 0.833 bits per heavy atom. The van der Waals surface area contributed by atoms with Gasteiger partial charge < -0.3 is 5.73 Å². The van der Waals surface area contributed by atoms with Crippen molar-refractivity contribution in [3.05, 3.63) is 0 Å². The molecule has 4 aliphatic rings. The number of unbranched alkanes of at least 4 members (excludes halogenated alkanes) is 1. The molecule has 0 aromatic rings. The van der Waals surface area contributed by atoms with Crippen molar-refractivity contribution in [1.82, 2.24) is 0 Å². The van der Waals surface area contributed by atoms with Crippen LogP contribution in [-0.4, -0.2) is 6.04 Å². The lowest BCUT2D eigenvalue weighted by atomic mass is 9.65. The van der Waals surface area contributed by atoms with Gasteiger partial charge in [0, 0.05) is 6.04 Å². The van der Waals surface area contributed by atoms with Crippen LogP contribution in [-0.2, 0) is 0 Å². The predicted molar refractivity (Wildman–Crippen MR) is 103 cm³/mol. The van der Waals surface area contributed by atoms with E-state index in [1.165, 1.54) is 64.2 Å². The highest BCUT2D eigenvalue weighted by molar-refractivity contribution is 5.05. The minimum absolute atomic E-state index is 0.461. The first-order valence-corrected chi connectivity index (χ1v) is 11.1. The van der Waals surface area contributed by atoms with Crippen LogP contribution in [0.1, 0.15) is 91.9 Å². The molecule has 4 aliphatic carbocycles. The summed E-state index contributed by atoms with van der Waals surface area (Å²) in [5.74, 6) is 5.81.